The van der Waals surface area contributed by atoms with E-state index in [4.69, 9.17) is 0 Å². The maximum atomic E-state index is 4.29. The molecule has 0 radical (unpaired) electrons. The molecule has 0 aliphatic carbocycles. The Labute approximate surface area is 148 Å². The second-order valence-electron chi connectivity index (χ2n) is 3.47. The van der Waals surface area contributed by atoms with E-state index < -0.39 is 0 Å². The molecule has 0 saturated carbocycles. The maximum absolute atomic E-state index is 4.29. The summed E-state index contributed by atoms with van der Waals surface area (Å²) in [4.78, 5) is 8.57. The Morgan fingerprint density at radius 2 is 1.67 bits per heavy atom. The minimum atomic E-state index is 0.587. The van der Waals surface area contributed by atoms with Gasteiger partial charge in [-0.25, -0.2) is 0 Å². The van der Waals surface area contributed by atoms with Gasteiger partial charge in [0.05, 0.1) is 17.1 Å². The molecule has 4 nitrogen and oxygen atoms in total. The van der Waals surface area contributed by atoms with E-state index in [1.54, 1.807) is 12.4 Å². The third-order valence-corrected chi connectivity index (χ3v) is 3.32. The number of aromatic nitrogens is 2. The zero-order chi connectivity index (χ0) is 15.5. The van der Waals surface area contributed by atoms with E-state index in [0.29, 0.717) is 10.0 Å². The number of halogens is 1. The fraction of sp³-hybridized carbons (Fsp3) is 0.0769. The zero-order valence-corrected chi connectivity index (χ0v) is 15.2. The molecule has 2 rings (SSSR count). The quantitative estimate of drug-likeness (QED) is 0.187. The van der Waals surface area contributed by atoms with E-state index in [0.717, 1.165) is 11.4 Å². The van der Waals surface area contributed by atoms with Crippen LogP contribution in [0.5, 0.6) is 0 Å². The van der Waals surface area contributed by atoms with Crippen molar-refractivity contribution in [1.82, 2.24) is 9.97 Å². The molecule has 2 heterocycles. The molecule has 21 heavy (non-hydrogen) atoms. The van der Waals surface area contributed by atoms with Crippen molar-refractivity contribution in [2.75, 3.05) is 6.26 Å². The van der Waals surface area contributed by atoms with Crippen molar-refractivity contribution in [3.8, 4) is 0 Å². The topological polar surface area (TPSA) is 52.2 Å². The Hall–Kier alpha value is -0.791. The van der Waals surface area contributed by atoms with Gasteiger partial charge in [-0.05, 0) is 30.5 Å². The summed E-state index contributed by atoms with van der Waals surface area (Å²) in [7, 11) is 0. The van der Waals surface area contributed by atoms with Crippen molar-refractivity contribution < 1.29 is 14.2 Å². The number of hydrogen-bond donors (Lipinski definition) is 0. The third kappa shape index (κ3) is 6.23. The SMILES string of the molecule is CSC(=[SH+])[N-]N=C(c1ccccn1)c1ccccn1.[Cu][Br]. The number of hydrogen-bond acceptors (Lipinski definition) is 4. The summed E-state index contributed by atoms with van der Waals surface area (Å²) in [5.41, 5.74) is 6.13. The van der Waals surface area contributed by atoms with Crippen molar-refractivity contribution in [2.24, 2.45) is 5.10 Å². The third-order valence-electron chi connectivity index (χ3n) is 2.23. The van der Waals surface area contributed by atoms with Gasteiger partial charge in [-0.15, -0.1) is 0 Å². The fourth-order valence-corrected chi connectivity index (χ4v) is 1.54. The normalized spacial score (nSPS) is 9.14. The predicted molar refractivity (Wildman–Crippen MR) is 93.7 cm³/mol. The van der Waals surface area contributed by atoms with Crippen LogP contribution in [0.3, 0.4) is 0 Å². The van der Waals surface area contributed by atoms with Crippen LogP contribution in [0.1, 0.15) is 11.4 Å². The molecule has 2 aromatic heterocycles. The first kappa shape index (κ1) is 18.3. The minimum absolute atomic E-state index is 0.587. The van der Waals surface area contributed by atoms with Gasteiger partial charge >= 0.3 is 28.3 Å². The first-order chi connectivity index (χ1) is 10.3. The molecule has 0 aliphatic rings. The van der Waals surface area contributed by atoms with Gasteiger partial charge in [-0.2, -0.15) is 0 Å². The molecule has 0 N–H and O–H groups in total. The monoisotopic (exact) mass is 430 g/mol. The van der Waals surface area contributed by atoms with E-state index in [1.165, 1.54) is 11.8 Å². The van der Waals surface area contributed by atoms with Gasteiger partial charge in [0.15, 0.2) is 16.5 Å². The predicted octanol–water partition coefficient (Wildman–Crippen LogP) is 3.18. The molecular weight excluding hydrogens is 420 g/mol. The summed E-state index contributed by atoms with van der Waals surface area (Å²) in [6.45, 7) is 0. The first-order valence-electron chi connectivity index (χ1n) is 5.64. The van der Waals surface area contributed by atoms with E-state index in [2.05, 4.69) is 61.0 Å². The number of rotatable bonds is 3. The molecule has 114 valence electrons. The van der Waals surface area contributed by atoms with Crippen LogP contribution < -0.4 is 0 Å². The second kappa shape index (κ2) is 10.9. The molecule has 0 saturated heterocycles. The average molecular weight is 432 g/mol. The summed E-state index contributed by atoms with van der Waals surface area (Å²) in [6, 6.07) is 11.3. The van der Waals surface area contributed by atoms with Gasteiger partial charge in [0.1, 0.15) is 0 Å². The van der Waals surface area contributed by atoms with E-state index in [-0.39, 0.29) is 0 Å². The molecule has 0 amide bonds. The molecule has 0 bridgehead atoms. The summed E-state index contributed by atoms with van der Waals surface area (Å²) in [6.07, 6.45) is 5.32. The van der Waals surface area contributed by atoms with Gasteiger partial charge in [-0.1, -0.05) is 23.9 Å². The molecule has 0 unspecified atom stereocenters. The van der Waals surface area contributed by atoms with Crippen molar-refractivity contribution in [3.63, 3.8) is 0 Å². The van der Waals surface area contributed by atoms with Gasteiger partial charge in [0.2, 0.25) is 0 Å². The number of pyridine rings is 2. The Morgan fingerprint density at radius 1 is 1.14 bits per heavy atom. The van der Waals surface area contributed by atoms with E-state index in [1.807, 2.05) is 42.7 Å². The first-order valence-corrected chi connectivity index (χ1v) is 9.64. The molecule has 0 aromatic carbocycles. The average Bonchev–Trinajstić information content (AvgIpc) is 2.58. The second-order valence-corrected chi connectivity index (χ2v) is 4.99. The van der Waals surface area contributed by atoms with Crippen LogP contribution in [0, 0.1) is 0 Å². The van der Waals surface area contributed by atoms with Crippen LogP contribution in [0.15, 0.2) is 53.9 Å². The van der Waals surface area contributed by atoms with E-state index >= 15 is 0 Å². The zero-order valence-electron chi connectivity index (χ0n) is 10.9. The molecule has 2 aromatic rings. The van der Waals surface area contributed by atoms with Crippen LogP contribution >= 0.6 is 25.9 Å². The number of thioether (sulfide) groups is 1. The Balaban J connectivity index is 0.00000106. The van der Waals surface area contributed by atoms with E-state index in [9.17, 15) is 0 Å². The molecular formula is C13H12BrCuN4S2. The van der Waals surface area contributed by atoms with Crippen LogP contribution in [0.2, 0.25) is 0 Å². The molecule has 0 fully saturated rings. The molecule has 0 atom stereocenters. The van der Waals surface area contributed by atoms with Gasteiger partial charge < -0.3 is 10.5 Å². The standard InChI is InChI=1S/C13H12N4S2.BrH.Cu/c1-19-13(18)17-16-12(10-6-2-4-8-14-10)11-7-3-5-9-15-11;;/h2-9H,1H3,(H,14,15,17,18);1H;/q;;+1/p-1. The Bertz CT molecular complexity index is 540. The Morgan fingerprint density at radius 3 is 2.05 bits per heavy atom. The molecule has 0 aliphatic heterocycles. The number of nitrogens with zero attached hydrogens (tertiary/aromatic N) is 4. The van der Waals surface area contributed by atoms with Gasteiger partial charge in [0, 0.05) is 12.4 Å². The van der Waals surface area contributed by atoms with Crippen molar-refractivity contribution in [3.05, 3.63) is 65.6 Å². The number of thiol groups is 1. The van der Waals surface area contributed by atoms with Crippen molar-refractivity contribution >= 4 is 48.1 Å². The van der Waals surface area contributed by atoms with Crippen LogP contribution in [-0.4, -0.2) is 26.3 Å². The van der Waals surface area contributed by atoms with Gasteiger partial charge in [-0.3, -0.25) is 9.97 Å². The fourth-order valence-electron chi connectivity index (χ4n) is 1.37. The summed E-state index contributed by atoms with van der Waals surface area (Å²) in [5.74, 6) is 0. The summed E-state index contributed by atoms with van der Waals surface area (Å²) >= 11 is 12.1. The molecule has 8 heteroatoms. The Kier molecular flexibility index (Phi) is 9.45. The molecule has 0 spiro atoms. The van der Waals surface area contributed by atoms with Crippen LogP contribution in [0.25, 0.3) is 5.43 Å². The van der Waals surface area contributed by atoms with Crippen molar-refractivity contribution in [2.45, 2.75) is 0 Å². The van der Waals surface area contributed by atoms with Crippen LogP contribution in [0.4, 0.5) is 0 Å². The van der Waals surface area contributed by atoms with Crippen molar-refractivity contribution in [1.29, 1.82) is 0 Å². The van der Waals surface area contributed by atoms with Crippen LogP contribution in [-0.2, 0) is 26.4 Å². The summed E-state index contributed by atoms with van der Waals surface area (Å²) in [5, 5.41) is 4.22. The summed E-state index contributed by atoms with van der Waals surface area (Å²) < 4.78 is 0.587. The van der Waals surface area contributed by atoms with Gasteiger partial charge in [0.25, 0.3) is 0 Å².